The predicted octanol–water partition coefficient (Wildman–Crippen LogP) is 2.02. The fraction of sp³-hybridized carbons (Fsp3) is 0.267. The molecule has 2 rings (SSSR count). The number of benzene rings is 2. The summed E-state index contributed by atoms with van der Waals surface area (Å²) in [5.41, 5.74) is 1.05. The number of hydrogen-bond donors (Lipinski definition) is 2. The van der Waals surface area contributed by atoms with E-state index in [1.54, 1.807) is 6.26 Å². The van der Waals surface area contributed by atoms with Gasteiger partial charge in [0.15, 0.2) is 0 Å². The molecule has 2 aromatic rings. The molecule has 0 fully saturated rings. The average molecular weight is 290 g/mol. The predicted molar refractivity (Wildman–Crippen MR) is 83.1 cm³/mol. The van der Waals surface area contributed by atoms with Crippen molar-refractivity contribution in [2.24, 2.45) is 0 Å². The van der Waals surface area contributed by atoms with Crippen LogP contribution in [-0.2, 0) is 17.3 Å². The Bertz CT molecular complexity index is 628. The molecule has 0 saturated heterocycles. The Kier molecular flexibility index (Phi) is 5.12. The maximum absolute atomic E-state index is 11.5. The van der Waals surface area contributed by atoms with Gasteiger partial charge < -0.3 is 10.6 Å². The van der Waals surface area contributed by atoms with E-state index in [-0.39, 0.29) is 6.03 Å². The van der Waals surface area contributed by atoms with Gasteiger partial charge >= 0.3 is 6.03 Å². The van der Waals surface area contributed by atoms with Crippen molar-refractivity contribution in [2.45, 2.75) is 6.54 Å². The molecule has 106 valence electrons. The van der Waals surface area contributed by atoms with Crippen LogP contribution in [0.25, 0.3) is 10.8 Å². The molecule has 0 unspecified atom stereocenters. The summed E-state index contributed by atoms with van der Waals surface area (Å²) in [4.78, 5) is 11.5. The van der Waals surface area contributed by atoms with Gasteiger partial charge in [-0.05, 0) is 22.4 Å². The Balaban J connectivity index is 1.86. The second-order valence-electron chi connectivity index (χ2n) is 4.57. The van der Waals surface area contributed by atoms with E-state index in [2.05, 4.69) is 28.8 Å². The molecule has 0 spiro atoms. The lowest BCUT2D eigenvalue weighted by Crippen LogP contribution is -2.37. The van der Waals surface area contributed by atoms with Gasteiger partial charge in [0.1, 0.15) is 0 Å². The average Bonchev–Trinajstić information content (AvgIpc) is 2.44. The summed E-state index contributed by atoms with van der Waals surface area (Å²) in [6, 6.07) is 14.0. The SMILES string of the molecule is C[S@@](=O)CCNC(=O)NCc1ccc2ccccc2c1. The van der Waals surface area contributed by atoms with E-state index in [1.165, 1.54) is 5.39 Å². The minimum absolute atomic E-state index is 0.233. The number of fused-ring (bicyclic) bond motifs is 1. The molecule has 20 heavy (non-hydrogen) atoms. The molecule has 2 aromatic carbocycles. The summed E-state index contributed by atoms with van der Waals surface area (Å²) in [7, 11) is -0.880. The van der Waals surface area contributed by atoms with E-state index in [1.807, 2.05) is 24.3 Å². The number of amides is 2. The normalized spacial score (nSPS) is 12.1. The summed E-state index contributed by atoms with van der Waals surface area (Å²) < 4.78 is 10.9. The van der Waals surface area contributed by atoms with Crippen molar-refractivity contribution in [2.75, 3.05) is 18.6 Å². The third-order valence-corrected chi connectivity index (χ3v) is 3.72. The number of carbonyl (C=O) groups is 1. The zero-order valence-corrected chi connectivity index (χ0v) is 12.2. The molecule has 0 aliphatic heterocycles. The van der Waals surface area contributed by atoms with Crippen LogP contribution in [0.3, 0.4) is 0 Å². The number of carbonyl (C=O) groups excluding carboxylic acids is 1. The van der Waals surface area contributed by atoms with Crippen molar-refractivity contribution in [3.63, 3.8) is 0 Å². The number of nitrogens with one attached hydrogen (secondary N) is 2. The summed E-state index contributed by atoms with van der Waals surface area (Å²) in [5.74, 6) is 0.476. The van der Waals surface area contributed by atoms with E-state index >= 15 is 0 Å². The van der Waals surface area contributed by atoms with Crippen LogP contribution in [0.1, 0.15) is 5.56 Å². The van der Waals surface area contributed by atoms with Gasteiger partial charge in [0.25, 0.3) is 0 Å². The zero-order valence-electron chi connectivity index (χ0n) is 11.4. The monoisotopic (exact) mass is 290 g/mol. The van der Waals surface area contributed by atoms with Crippen LogP contribution in [0.5, 0.6) is 0 Å². The standard InChI is InChI=1S/C15H18N2O2S/c1-20(19)9-8-16-15(18)17-11-12-6-7-13-4-2-3-5-14(13)10-12/h2-7,10H,8-9,11H2,1H3,(H2,16,17,18)/t20-/m1/s1. The summed E-state index contributed by atoms with van der Waals surface area (Å²) >= 11 is 0. The van der Waals surface area contributed by atoms with Crippen LogP contribution >= 0.6 is 0 Å². The molecule has 0 radical (unpaired) electrons. The first-order valence-electron chi connectivity index (χ1n) is 6.44. The molecule has 4 nitrogen and oxygen atoms in total. The van der Waals surface area contributed by atoms with E-state index in [9.17, 15) is 9.00 Å². The lowest BCUT2D eigenvalue weighted by Gasteiger charge is -2.08. The Morgan fingerprint density at radius 2 is 1.85 bits per heavy atom. The van der Waals surface area contributed by atoms with Gasteiger partial charge in [0.2, 0.25) is 0 Å². The number of urea groups is 1. The van der Waals surface area contributed by atoms with Crippen LogP contribution in [0.4, 0.5) is 4.79 Å². The van der Waals surface area contributed by atoms with Crippen molar-refractivity contribution in [3.8, 4) is 0 Å². The zero-order chi connectivity index (χ0) is 14.4. The first-order chi connectivity index (χ1) is 9.65. The highest BCUT2D eigenvalue weighted by Gasteiger charge is 2.01. The molecule has 0 aliphatic carbocycles. The van der Waals surface area contributed by atoms with Crippen LogP contribution in [0.15, 0.2) is 42.5 Å². The largest absolute Gasteiger partial charge is 0.337 e. The number of hydrogen-bond acceptors (Lipinski definition) is 2. The van der Waals surface area contributed by atoms with Crippen molar-refractivity contribution < 1.29 is 9.00 Å². The summed E-state index contributed by atoms with van der Waals surface area (Å²) in [5, 5.41) is 7.81. The van der Waals surface area contributed by atoms with Gasteiger partial charge in [-0.15, -0.1) is 0 Å². The highest BCUT2D eigenvalue weighted by Crippen LogP contribution is 2.15. The van der Waals surface area contributed by atoms with Crippen LogP contribution in [-0.4, -0.2) is 28.8 Å². The molecular formula is C15H18N2O2S. The molecule has 0 saturated carbocycles. The van der Waals surface area contributed by atoms with Crippen LogP contribution in [0.2, 0.25) is 0 Å². The van der Waals surface area contributed by atoms with Crippen LogP contribution in [0, 0.1) is 0 Å². The maximum Gasteiger partial charge on any atom is 0.315 e. The Labute approximate surface area is 121 Å². The molecule has 0 bridgehead atoms. The van der Waals surface area contributed by atoms with Gasteiger partial charge in [-0.3, -0.25) is 4.21 Å². The van der Waals surface area contributed by atoms with Gasteiger partial charge in [-0.2, -0.15) is 0 Å². The second-order valence-corrected chi connectivity index (χ2v) is 6.12. The Hall–Kier alpha value is -1.88. The molecule has 2 amide bonds. The molecule has 0 aliphatic rings. The third kappa shape index (κ3) is 4.35. The molecule has 0 heterocycles. The van der Waals surface area contributed by atoms with E-state index in [4.69, 9.17) is 0 Å². The lowest BCUT2D eigenvalue weighted by atomic mass is 10.1. The topological polar surface area (TPSA) is 58.2 Å². The van der Waals surface area contributed by atoms with Crippen molar-refractivity contribution >= 4 is 27.6 Å². The van der Waals surface area contributed by atoms with Crippen LogP contribution < -0.4 is 10.6 Å². The van der Waals surface area contributed by atoms with E-state index in [0.717, 1.165) is 10.9 Å². The Morgan fingerprint density at radius 1 is 1.10 bits per heavy atom. The quantitative estimate of drug-likeness (QED) is 0.885. The fourth-order valence-corrected chi connectivity index (χ4v) is 2.29. The minimum atomic E-state index is -0.880. The molecule has 2 N–H and O–H groups in total. The third-order valence-electron chi connectivity index (χ3n) is 2.94. The van der Waals surface area contributed by atoms with Gasteiger partial charge in [-0.25, -0.2) is 4.79 Å². The van der Waals surface area contributed by atoms with Gasteiger partial charge in [0, 0.05) is 35.9 Å². The van der Waals surface area contributed by atoms with Crippen molar-refractivity contribution in [1.29, 1.82) is 0 Å². The van der Waals surface area contributed by atoms with E-state index < -0.39 is 10.8 Å². The summed E-state index contributed by atoms with van der Waals surface area (Å²) in [6.07, 6.45) is 1.62. The fourth-order valence-electron chi connectivity index (χ4n) is 1.90. The minimum Gasteiger partial charge on any atom is -0.337 e. The van der Waals surface area contributed by atoms with Crippen molar-refractivity contribution in [1.82, 2.24) is 10.6 Å². The molecule has 5 heteroatoms. The first-order valence-corrected chi connectivity index (χ1v) is 8.17. The second kappa shape index (κ2) is 7.05. The smallest absolute Gasteiger partial charge is 0.315 e. The van der Waals surface area contributed by atoms with Gasteiger partial charge in [0.05, 0.1) is 0 Å². The highest BCUT2D eigenvalue weighted by molar-refractivity contribution is 7.84. The first kappa shape index (κ1) is 14.5. The molecule has 1 atom stereocenters. The Morgan fingerprint density at radius 3 is 2.60 bits per heavy atom. The van der Waals surface area contributed by atoms with Crippen molar-refractivity contribution in [3.05, 3.63) is 48.0 Å². The lowest BCUT2D eigenvalue weighted by molar-refractivity contribution is 0.241. The molecule has 0 aromatic heterocycles. The molecular weight excluding hydrogens is 272 g/mol. The number of rotatable bonds is 5. The van der Waals surface area contributed by atoms with Gasteiger partial charge in [-0.1, -0.05) is 36.4 Å². The van der Waals surface area contributed by atoms with E-state index in [0.29, 0.717) is 18.8 Å². The maximum atomic E-state index is 11.5. The summed E-state index contributed by atoms with van der Waals surface area (Å²) in [6.45, 7) is 0.901. The highest BCUT2D eigenvalue weighted by atomic mass is 32.2.